The first-order chi connectivity index (χ1) is 8.68. The van der Waals surface area contributed by atoms with Crippen LogP contribution in [-0.2, 0) is 0 Å². The lowest BCUT2D eigenvalue weighted by molar-refractivity contribution is 0.357. The maximum absolute atomic E-state index is 9.54. The normalized spacial score (nSPS) is 22.4. The van der Waals surface area contributed by atoms with Crippen molar-refractivity contribution in [3.8, 4) is 0 Å². The molecule has 1 atom stereocenters. The van der Waals surface area contributed by atoms with Gasteiger partial charge in [-0.1, -0.05) is 54.6 Å². The number of allylic oxidation sites excluding steroid dienone is 5. The molecular weight excluding hydrogens is 223 g/mol. The Balaban J connectivity index is 2.22. The van der Waals surface area contributed by atoms with Gasteiger partial charge < -0.3 is 10.0 Å². The summed E-state index contributed by atoms with van der Waals surface area (Å²) in [6.07, 6.45) is 8.80. The van der Waals surface area contributed by atoms with Crippen molar-refractivity contribution in [2.45, 2.75) is 18.2 Å². The molecule has 0 saturated heterocycles. The van der Waals surface area contributed by atoms with Crippen molar-refractivity contribution in [1.82, 2.24) is 0 Å². The second-order valence-corrected chi connectivity index (χ2v) is 4.66. The fraction of sp³-hybridized carbons (Fsp3) is 0.200. The molecule has 0 aromatic heterocycles. The molecule has 92 valence electrons. The van der Waals surface area contributed by atoms with Crippen LogP contribution < -0.4 is 0 Å². The van der Waals surface area contributed by atoms with E-state index in [2.05, 4.69) is 12.7 Å². The van der Waals surface area contributed by atoms with Crippen LogP contribution in [0.2, 0.25) is 5.31 Å². The SMILES string of the molecule is C=CCC1(B(O)O)C=CC(c2ccccc2)=CC1. The molecule has 0 amide bonds. The summed E-state index contributed by atoms with van der Waals surface area (Å²) in [4.78, 5) is 0. The molecular formula is C15H17BO2. The molecule has 3 heteroatoms. The lowest BCUT2D eigenvalue weighted by atomic mass is 9.53. The summed E-state index contributed by atoms with van der Waals surface area (Å²) in [7, 11) is -1.36. The van der Waals surface area contributed by atoms with Gasteiger partial charge in [0, 0.05) is 5.31 Å². The Morgan fingerprint density at radius 1 is 1.28 bits per heavy atom. The summed E-state index contributed by atoms with van der Waals surface area (Å²) in [5.41, 5.74) is 2.27. The minimum Gasteiger partial charge on any atom is -0.426 e. The molecule has 1 aromatic rings. The highest BCUT2D eigenvalue weighted by Crippen LogP contribution is 2.43. The van der Waals surface area contributed by atoms with E-state index in [-0.39, 0.29) is 0 Å². The molecule has 1 aliphatic carbocycles. The Morgan fingerprint density at radius 3 is 2.50 bits per heavy atom. The van der Waals surface area contributed by atoms with Gasteiger partial charge in [0.05, 0.1) is 0 Å². The maximum Gasteiger partial charge on any atom is 0.462 e. The zero-order chi connectivity index (χ0) is 13.0. The van der Waals surface area contributed by atoms with Gasteiger partial charge in [-0.3, -0.25) is 0 Å². The lowest BCUT2D eigenvalue weighted by Gasteiger charge is -2.30. The zero-order valence-corrected chi connectivity index (χ0v) is 10.3. The number of benzene rings is 1. The molecule has 0 fully saturated rings. The second-order valence-electron chi connectivity index (χ2n) is 4.66. The van der Waals surface area contributed by atoms with Crippen molar-refractivity contribution in [2.75, 3.05) is 0 Å². The first-order valence-corrected chi connectivity index (χ1v) is 6.10. The van der Waals surface area contributed by atoms with E-state index < -0.39 is 12.4 Å². The summed E-state index contributed by atoms with van der Waals surface area (Å²) in [5, 5.41) is 18.5. The van der Waals surface area contributed by atoms with Crippen LogP contribution >= 0.6 is 0 Å². The van der Waals surface area contributed by atoms with Crippen molar-refractivity contribution in [3.63, 3.8) is 0 Å². The van der Waals surface area contributed by atoms with Crippen molar-refractivity contribution < 1.29 is 10.0 Å². The molecule has 0 saturated carbocycles. The molecule has 1 aromatic carbocycles. The molecule has 0 heterocycles. The van der Waals surface area contributed by atoms with Gasteiger partial charge in [-0.05, 0) is 24.0 Å². The van der Waals surface area contributed by atoms with Gasteiger partial charge in [-0.25, -0.2) is 0 Å². The van der Waals surface area contributed by atoms with Crippen molar-refractivity contribution in [3.05, 3.63) is 66.8 Å². The first-order valence-electron chi connectivity index (χ1n) is 6.10. The Morgan fingerprint density at radius 2 is 2.00 bits per heavy atom. The summed E-state index contributed by atoms with van der Waals surface area (Å²) in [5.74, 6) is 0. The average Bonchev–Trinajstić information content (AvgIpc) is 2.41. The first kappa shape index (κ1) is 12.9. The van der Waals surface area contributed by atoms with Crippen LogP contribution in [0, 0.1) is 0 Å². The van der Waals surface area contributed by atoms with Gasteiger partial charge >= 0.3 is 7.12 Å². The van der Waals surface area contributed by atoms with Crippen LogP contribution in [0.4, 0.5) is 0 Å². The van der Waals surface area contributed by atoms with Crippen LogP contribution in [0.25, 0.3) is 5.57 Å². The van der Waals surface area contributed by atoms with E-state index in [4.69, 9.17) is 0 Å². The number of hydrogen-bond acceptors (Lipinski definition) is 2. The van der Waals surface area contributed by atoms with Gasteiger partial charge in [0.1, 0.15) is 0 Å². The van der Waals surface area contributed by atoms with Gasteiger partial charge in [0.2, 0.25) is 0 Å². The second kappa shape index (κ2) is 5.38. The minimum atomic E-state index is -1.36. The molecule has 0 radical (unpaired) electrons. The monoisotopic (exact) mass is 240 g/mol. The van der Waals surface area contributed by atoms with Crippen LogP contribution in [0.5, 0.6) is 0 Å². The summed E-state index contributed by atoms with van der Waals surface area (Å²) >= 11 is 0. The molecule has 0 aliphatic heterocycles. The van der Waals surface area contributed by atoms with Gasteiger partial charge in [-0.2, -0.15) is 0 Å². The van der Waals surface area contributed by atoms with E-state index in [1.807, 2.05) is 42.5 Å². The predicted molar refractivity (Wildman–Crippen MR) is 75.9 cm³/mol. The Kier molecular flexibility index (Phi) is 3.85. The van der Waals surface area contributed by atoms with E-state index in [1.165, 1.54) is 0 Å². The van der Waals surface area contributed by atoms with E-state index >= 15 is 0 Å². The third-order valence-corrected chi connectivity index (χ3v) is 3.44. The summed E-state index contributed by atoms with van der Waals surface area (Å²) in [6, 6.07) is 10.1. The highest BCUT2D eigenvalue weighted by Gasteiger charge is 2.39. The molecule has 1 unspecified atom stereocenters. The van der Waals surface area contributed by atoms with Crippen molar-refractivity contribution in [1.29, 1.82) is 0 Å². The van der Waals surface area contributed by atoms with Crippen LogP contribution in [0.15, 0.2) is 61.2 Å². The quantitative estimate of drug-likeness (QED) is 0.627. The topological polar surface area (TPSA) is 40.5 Å². The van der Waals surface area contributed by atoms with E-state index in [0.29, 0.717) is 12.8 Å². The highest BCUT2D eigenvalue weighted by atomic mass is 16.4. The molecule has 18 heavy (non-hydrogen) atoms. The molecule has 2 nitrogen and oxygen atoms in total. The van der Waals surface area contributed by atoms with E-state index in [0.717, 1.165) is 11.1 Å². The lowest BCUT2D eigenvalue weighted by Crippen LogP contribution is -2.31. The average molecular weight is 240 g/mol. The molecule has 0 bridgehead atoms. The zero-order valence-electron chi connectivity index (χ0n) is 10.3. The van der Waals surface area contributed by atoms with Crippen molar-refractivity contribution in [2.24, 2.45) is 0 Å². The Labute approximate surface area is 108 Å². The Bertz CT molecular complexity index is 477. The van der Waals surface area contributed by atoms with E-state index in [9.17, 15) is 10.0 Å². The standard InChI is InChI=1S/C15H17BO2/c1-2-10-15(16(17)18)11-8-14(9-12-15)13-6-4-3-5-7-13/h2-9,11,17-18H,1,10,12H2. The third-order valence-electron chi connectivity index (χ3n) is 3.44. The third kappa shape index (κ3) is 2.47. The predicted octanol–water partition coefficient (Wildman–Crippen LogP) is 2.82. The molecule has 1 aliphatic rings. The van der Waals surface area contributed by atoms with Crippen LogP contribution in [0.3, 0.4) is 0 Å². The number of hydrogen-bond donors (Lipinski definition) is 2. The van der Waals surface area contributed by atoms with Crippen LogP contribution in [-0.4, -0.2) is 17.2 Å². The van der Waals surface area contributed by atoms with Gasteiger partial charge in [-0.15, -0.1) is 6.58 Å². The molecule has 2 N–H and O–H groups in total. The fourth-order valence-electron chi connectivity index (χ4n) is 2.25. The summed E-state index contributed by atoms with van der Waals surface area (Å²) < 4.78 is 0. The highest BCUT2D eigenvalue weighted by molar-refractivity contribution is 6.46. The molecule has 2 rings (SSSR count). The van der Waals surface area contributed by atoms with Gasteiger partial charge in [0.15, 0.2) is 0 Å². The van der Waals surface area contributed by atoms with Crippen molar-refractivity contribution >= 4 is 12.7 Å². The molecule has 0 spiro atoms. The van der Waals surface area contributed by atoms with Crippen LogP contribution in [0.1, 0.15) is 18.4 Å². The number of rotatable bonds is 4. The van der Waals surface area contributed by atoms with Gasteiger partial charge in [0.25, 0.3) is 0 Å². The minimum absolute atomic E-state index is 0.555. The summed E-state index contributed by atoms with van der Waals surface area (Å²) in [6.45, 7) is 3.68. The fourth-order valence-corrected chi connectivity index (χ4v) is 2.25. The Hall–Kier alpha value is -1.58. The smallest absolute Gasteiger partial charge is 0.426 e. The largest absolute Gasteiger partial charge is 0.462 e. The maximum atomic E-state index is 9.54. The van der Waals surface area contributed by atoms with E-state index in [1.54, 1.807) is 6.08 Å².